The molecule has 3 atom stereocenters. The summed E-state index contributed by atoms with van der Waals surface area (Å²) in [4.78, 5) is 12.4. The predicted octanol–water partition coefficient (Wildman–Crippen LogP) is 3.72. The smallest absolute Gasteiger partial charge is 0.137 e. The molecule has 1 aliphatic rings. The van der Waals surface area contributed by atoms with Gasteiger partial charge in [0.15, 0.2) is 0 Å². The van der Waals surface area contributed by atoms with Crippen LogP contribution >= 0.6 is 0 Å². The quantitative estimate of drug-likeness (QED) is 0.895. The molecule has 2 N–H and O–H groups in total. The lowest BCUT2D eigenvalue weighted by Gasteiger charge is -2.31. The van der Waals surface area contributed by atoms with E-state index in [1.165, 1.54) is 6.42 Å². The number of hydrogen-bond donors (Lipinski definition) is 1. The fourth-order valence-corrected chi connectivity index (χ4v) is 3.41. The van der Waals surface area contributed by atoms with Gasteiger partial charge in [0.2, 0.25) is 0 Å². The van der Waals surface area contributed by atoms with Crippen LogP contribution in [-0.2, 0) is 4.79 Å². The summed E-state index contributed by atoms with van der Waals surface area (Å²) < 4.78 is 0. The minimum atomic E-state index is -0.152. The van der Waals surface area contributed by atoms with E-state index in [9.17, 15) is 4.79 Å². The van der Waals surface area contributed by atoms with Crippen LogP contribution in [0.25, 0.3) is 0 Å². The van der Waals surface area contributed by atoms with Crippen LogP contribution in [0.2, 0.25) is 0 Å². The lowest BCUT2D eigenvalue weighted by Crippen LogP contribution is -2.28. The zero-order valence-electron chi connectivity index (χ0n) is 12.0. The minimum Gasteiger partial charge on any atom is -0.324 e. The van der Waals surface area contributed by atoms with Crippen LogP contribution in [-0.4, -0.2) is 5.78 Å². The van der Waals surface area contributed by atoms with Crippen LogP contribution in [0, 0.1) is 17.8 Å². The molecule has 0 radical (unpaired) electrons. The van der Waals surface area contributed by atoms with Crippen LogP contribution in [0.4, 0.5) is 0 Å². The van der Waals surface area contributed by atoms with Crippen molar-refractivity contribution in [3.05, 3.63) is 35.9 Å². The summed E-state index contributed by atoms with van der Waals surface area (Å²) in [7, 11) is 0. The Labute approximate surface area is 116 Å². The SMILES string of the molecule is CC1CC(C)CC(C(=O)CC(N)c2ccccc2)C1. The largest absolute Gasteiger partial charge is 0.324 e. The molecule has 0 heterocycles. The van der Waals surface area contributed by atoms with Crippen molar-refractivity contribution in [2.24, 2.45) is 23.5 Å². The molecule has 2 rings (SSSR count). The molecule has 1 fully saturated rings. The average molecular weight is 259 g/mol. The summed E-state index contributed by atoms with van der Waals surface area (Å²) in [6.07, 6.45) is 3.83. The van der Waals surface area contributed by atoms with Crippen molar-refractivity contribution in [1.29, 1.82) is 0 Å². The number of nitrogens with two attached hydrogens (primary N) is 1. The summed E-state index contributed by atoms with van der Waals surface area (Å²) >= 11 is 0. The molecule has 1 aromatic carbocycles. The molecule has 1 aromatic rings. The fourth-order valence-electron chi connectivity index (χ4n) is 3.41. The molecule has 104 valence electrons. The molecule has 1 aliphatic carbocycles. The van der Waals surface area contributed by atoms with Crippen LogP contribution in [0.15, 0.2) is 30.3 Å². The van der Waals surface area contributed by atoms with E-state index in [2.05, 4.69) is 13.8 Å². The van der Waals surface area contributed by atoms with E-state index in [0.29, 0.717) is 24.0 Å². The normalized spacial score (nSPS) is 28.9. The number of carbonyl (C=O) groups is 1. The van der Waals surface area contributed by atoms with Gasteiger partial charge in [-0.1, -0.05) is 44.2 Å². The highest BCUT2D eigenvalue weighted by Crippen LogP contribution is 2.34. The third-order valence-electron chi connectivity index (χ3n) is 4.28. The second kappa shape index (κ2) is 6.33. The van der Waals surface area contributed by atoms with Crippen molar-refractivity contribution in [2.75, 3.05) is 0 Å². The van der Waals surface area contributed by atoms with Crippen LogP contribution in [0.1, 0.15) is 51.1 Å². The summed E-state index contributed by atoms with van der Waals surface area (Å²) in [6, 6.07) is 9.78. The number of carbonyl (C=O) groups excluding carboxylic acids is 1. The van der Waals surface area contributed by atoms with Crippen molar-refractivity contribution in [3.63, 3.8) is 0 Å². The number of benzene rings is 1. The molecular weight excluding hydrogens is 234 g/mol. The first-order valence-electron chi connectivity index (χ1n) is 7.39. The molecular formula is C17H25NO. The van der Waals surface area contributed by atoms with E-state index in [-0.39, 0.29) is 12.0 Å². The maximum Gasteiger partial charge on any atom is 0.137 e. The highest BCUT2D eigenvalue weighted by Gasteiger charge is 2.29. The van der Waals surface area contributed by atoms with E-state index < -0.39 is 0 Å². The lowest BCUT2D eigenvalue weighted by atomic mass is 9.74. The van der Waals surface area contributed by atoms with E-state index in [1.807, 2.05) is 30.3 Å². The highest BCUT2D eigenvalue weighted by molar-refractivity contribution is 5.81. The Morgan fingerprint density at radius 2 is 1.74 bits per heavy atom. The minimum absolute atomic E-state index is 0.152. The van der Waals surface area contributed by atoms with Gasteiger partial charge in [-0.05, 0) is 36.7 Å². The lowest BCUT2D eigenvalue weighted by molar-refractivity contribution is -0.125. The standard InChI is InChI=1S/C17H25NO/c1-12-8-13(2)10-15(9-12)17(19)11-16(18)14-6-4-3-5-7-14/h3-7,12-13,15-16H,8-11,18H2,1-2H3. The number of rotatable bonds is 4. The van der Waals surface area contributed by atoms with Gasteiger partial charge < -0.3 is 5.73 Å². The third kappa shape index (κ3) is 3.90. The highest BCUT2D eigenvalue weighted by atomic mass is 16.1. The van der Waals surface area contributed by atoms with Gasteiger partial charge in [-0.15, -0.1) is 0 Å². The molecule has 3 unspecified atom stereocenters. The van der Waals surface area contributed by atoms with Gasteiger partial charge in [-0.25, -0.2) is 0 Å². The van der Waals surface area contributed by atoms with Crippen LogP contribution in [0.5, 0.6) is 0 Å². The van der Waals surface area contributed by atoms with Crippen LogP contribution in [0.3, 0.4) is 0 Å². The Morgan fingerprint density at radius 3 is 2.32 bits per heavy atom. The zero-order chi connectivity index (χ0) is 13.8. The maximum absolute atomic E-state index is 12.4. The summed E-state index contributed by atoms with van der Waals surface area (Å²) in [5.74, 6) is 1.93. The zero-order valence-corrected chi connectivity index (χ0v) is 12.0. The van der Waals surface area contributed by atoms with Gasteiger partial charge in [-0.2, -0.15) is 0 Å². The Hall–Kier alpha value is -1.15. The van der Waals surface area contributed by atoms with Crippen molar-refractivity contribution in [3.8, 4) is 0 Å². The molecule has 0 amide bonds. The molecule has 1 saturated carbocycles. The molecule has 2 nitrogen and oxygen atoms in total. The van der Waals surface area contributed by atoms with Crippen LogP contribution < -0.4 is 5.73 Å². The first-order chi connectivity index (χ1) is 9.06. The van der Waals surface area contributed by atoms with Gasteiger partial charge in [0.1, 0.15) is 5.78 Å². The fraction of sp³-hybridized carbons (Fsp3) is 0.588. The van der Waals surface area contributed by atoms with E-state index in [4.69, 9.17) is 5.73 Å². The molecule has 0 aliphatic heterocycles. The van der Waals surface area contributed by atoms with Gasteiger partial charge in [0.25, 0.3) is 0 Å². The topological polar surface area (TPSA) is 43.1 Å². The van der Waals surface area contributed by atoms with E-state index >= 15 is 0 Å². The first kappa shape index (κ1) is 14.3. The molecule has 2 heteroatoms. The second-order valence-corrected chi connectivity index (χ2v) is 6.30. The second-order valence-electron chi connectivity index (χ2n) is 6.30. The Kier molecular flexibility index (Phi) is 4.76. The number of hydrogen-bond acceptors (Lipinski definition) is 2. The molecule has 0 bridgehead atoms. The van der Waals surface area contributed by atoms with E-state index in [1.54, 1.807) is 0 Å². The summed E-state index contributed by atoms with van der Waals surface area (Å²) in [5.41, 5.74) is 7.21. The van der Waals surface area contributed by atoms with Crippen molar-refractivity contribution >= 4 is 5.78 Å². The Morgan fingerprint density at radius 1 is 1.16 bits per heavy atom. The van der Waals surface area contributed by atoms with Crippen molar-refractivity contribution < 1.29 is 4.79 Å². The Bertz CT molecular complexity index is 405. The predicted molar refractivity (Wildman–Crippen MR) is 78.7 cm³/mol. The summed E-state index contributed by atoms with van der Waals surface area (Å²) in [5, 5.41) is 0. The van der Waals surface area contributed by atoms with Gasteiger partial charge in [0.05, 0.1) is 0 Å². The van der Waals surface area contributed by atoms with Gasteiger partial charge in [-0.3, -0.25) is 4.79 Å². The molecule has 0 saturated heterocycles. The molecule has 0 spiro atoms. The average Bonchev–Trinajstić information content (AvgIpc) is 2.38. The maximum atomic E-state index is 12.4. The summed E-state index contributed by atoms with van der Waals surface area (Å²) in [6.45, 7) is 4.51. The number of Topliss-reactive ketones (excluding diaryl/α,β-unsaturated/α-hetero) is 1. The van der Waals surface area contributed by atoms with Crippen molar-refractivity contribution in [2.45, 2.75) is 45.6 Å². The first-order valence-corrected chi connectivity index (χ1v) is 7.39. The van der Waals surface area contributed by atoms with Crippen molar-refractivity contribution in [1.82, 2.24) is 0 Å². The third-order valence-corrected chi connectivity index (χ3v) is 4.28. The number of ketones is 1. The van der Waals surface area contributed by atoms with E-state index in [0.717, 1.165) is 18.4 Å². The monoisotopic (exact) mass is 259 g/mol. The van der Waals surface area contributed by atoms with Gasteiger partial charge >= 0.3 is 0 Å². The van der Waals surface area contributed by atoms with Gasteiger partial charge in [0, 0.05) is 18.4 Å². The Balaban J connectivity index is 1.93. The molecule has 0 aromatic heterocycles. The molecule has 19 heavy (non-hydrogen) atoms.